The first-order valence-electron chi connectivity index (χ1n) is 31.6. The molecule has 4 aromatic rings. The highest BCUT2D eigenvalue weighted by molar-refractivity contribution is 6.25. The van der Waals surface area contributed by atoms with Gasteiger partial charge in [0.15, 0.2) is 0 Å². The lowest BCUT2D eigenvalue weighted by molar-refractivity contribution is -0.504. The third-order valence-electron chi connectivity index (χ3n) is 15.0. The number of unbranched alkanes of at least 4 members (excludes halogenated alkanes) is 2. The molecule has 468 valence electrons. The number of carbonyl (C=O) groups is 3. The van der Waals surface area contributed by atoms with Crippen LogP contribution in [-0.4, -0.2) is 85.8 Å². The number of halogens is 5. The van der Waals surface area contributed by atoms with Gasteiger partial charge in [-0.3, -0.25) is 34.9 Å². The molecule has 7 rings (SSSR count). The monoisotopic (exact) mass is 1170 g/mol. The van der Waals surface area contributed by atoms with Crippen molar-refractivity contribution in [3.63, 3.8) is 0 Å². The van der Waals surface area contributed by atoms with E-state index in [0.29, 0.717) is 48.5 Å². The van der Waals surface area contributed by atoms with Gasteiger partial charge in [-0.15, -0.1) is 0 Å². The van der Waals surface area contributed by atoms with Crippen LogP contribution in [0.25, 0.3) is 16.6 Å². The molecular formula is C68H109F5N7O3+. The van der Waals surface area contributed by atoms with Gasteiger partial charge in [0.25, 0.3) is 11.6 Å². The van der Waals surface area contributed by atoms with E-state index in [2.05, 4.69) is 80.9 Å². The number of nitrogens with zero attached hydrogens (tertiary/aromatic N) is 5. The summed E-state index contributed by atoms with van der Waals surface area (Å²) in [5.41, 5.74) is 3.97. The number of hydrogen-bond donors (Lipinski definition) is 2. The lowest BCUT2D eigenvalue weighted by atomic mass is 9.93. The molecule has 4 heterocycles. The van der Waals surface area contributed by atoms with Crippen molar-refractivity contribution in [3.8, 4) is 0 Å². The number of benzene rings is 2. The second-order valence-electron chi connectivity index (χ2n) is 22.4. The van der Waals surface area contributed by atoms with Gasteiger partial charge in [0, 0.05) is 55.7 Å². The van der Waals surface area contributed by atoms with E-state index in [1.165, 1.54) is 152 Å². The number of piperidine rings is 1. The Balaban J connectivity index is 0.000000584. The summed E-state index contributed by atoms with van der Waals surface area (Å²) in [4.78, 5) is 45.5. The van der Waals surface area contributed by atoms with E-state index >= 15 is 0 Å². The third kappa shape index (κ3) is 28.4. The number of nitrogens with one attached hydrogen (secondary N) is 2. The Kier molecular flexibility index (Phi) is 38.0. The topological polar surface area (TPSA) is 112 Å². The molecule has 1 saturated heterocycles. The van der Waals surface area contributed by atoms with Crippen LogP contribution in [0, 0.1) is 38.3 Å². The molecule has 0 bridgehead atoms. The lowest BCUT2D eigenvalue weighted by Gasteiger charge is -2.39. The minimum Gasteiger partial charge on any atom is -0.313 e. The number of anilines is 1. The highest BCUT2D eigenvalue weighted by atomic mass is 19.4. The summed E-state index contributed by atoms with van der Waals surface area (Å²) in [5, 5.41) is 4.99. The summed E-state index contributed by atoms with van der Waals surface area (Å²) in [5.74, 6) is -0.537. The standard InChI is InChI=1S/C24H24F3N5O.C21H45N.C7H6F2.C5H7NO2.C5H10.C4H10.C2H6/c1-13-6-7-17-19(10-13)32(5)23(29-17)30-22(33)16-11-15(3)28-18(12-16)20-14(2)8-9-31(4)21(20)24(25,26)27;1-7-12-15-20(13-8-2)22(18-10-4)21(14-9-3)17-16-19(6)11-5;1-5-2-6(8)4-7(9)3-5;7-4-2-1-3-5(8)6-4;1-2-4-5-3-1;1-3-4-2;1-2/h6-7,10-12H,8-9H2,1-5H3;19-21H,7-18H2,1-6H3;2-4H,1H3;1-3H2,(H,6,7,8);1-5H2;3-4H2,1-2H3;1-2H3/p+1. The number of hydrogen-bond acceptors (Lipinski definition) is 6. The molecule has 3 aliphatic rings. The number of amides is 3. The fourth-order valence-electron chi connectivity index (χ4n) is 10.1. The van der Waals surface area contributed by atoms with E-state index in [4.69, 9.17) is 0 Å². The summed E-state index contributed by atoms with van der Waals surface area (Å²) in [6.45, 7) is 31.1. The van der Waals surface area contributed by atoms with Crippen molar-refractivity contribution in [2.75, 3.05) is 25.5 Å². The molecule has 2 fully saturated rings. The number of pyridine rings is 1. The Hall–Kier alpha value is -5.31. The number of aromatic nitrogens is 3. The molecule has 2 aromatic heterocycles. The van der Waals surface area contributed by atoms with E-state index < -0.39 is 29.4 Å². The Morgan fingerprint density at radius 3 is 1.73 bits per heavy atom. The number of imide groups is 1. The maximum atomic E-state index is 13.9. The van der Waals surface area contributed by atoms with Crippen molar-refractivity contribution in [3.05, 3.63) is 93.8 Å². The van der Waals surface area contributed by atoms with Gasteiger partial charge in [0.05, 0.1) is 22.3 Å². The summed E-state index contributed by atoms with van der Waals surface area (Å²) >= 11 is 0. The average molecular weight is 1170 g/mol. The fourth-order valence-corrected chi connectivity index (χ4v) is 10.1. The van der Waals surface area contributed by atoms with Crippen LogP contribution in [0.2, 0.25) is 0 Å². The minimum atomic E-state index is -4.54. The van der Waals surface area contributed by atoms with Crippen molar-refractivity contribution >= 4 is 46.0 Å². The normalized spacial score (nSPS) is 15.1. The first-order valence-corrected chi connectivity index (χ1v) is 31.6. The van der Waals surface area contributed by atoms with Crippen LogP contribution in [0.3, 0.4) is 0 Å². The zero-order chi connectivity index (χ0) is 62.7. The van der Waals surface area contributed by atoms with E-state index in [9.17, 15) is 36.3 Å². The van der Waals surface area contributed by atoms with Gasteiger partial charge in [0.1, 0.15) is 25.2 Å². The van der Waals surface area contributed by atoms with Gasteiger partial charge in [-0.25, -0.2) is 18.3 Å². The Morgan fingerprint density at radius 1 is 0.699 bits per heavy atom. The second kappa shape index (κ2) is 41.7. The largest absolute Gasteiger partial charge is 0.477 e. The molecule has 3 unspecified atom stereocenters. The molecule has 2 N–H and O–H groups in total. The molecule has 83 heavy (non-hydrogen) atoms. The zero-order valence-electron chi connectivity index (χ0n) is 54.2. The molecule has 10 nitrogen and oxygen atoms in total. The molecule has 3 atom stereocenters. The van der Waals surface area contributed by atoms with E-state index in [-0.39, 0.29) is 35.2 Å². The smallest absolute Gasteiger partial charge is 0.313 e. The quantitative estimate of drug-likeness (QED) is 0.0549. The van der Waals surface area contributed by atoms with Crippen LogP contribution in [0.15, 0.2) is 54.1 Å². The van der Waals surface area contributed by atoms with Gasteiger partial charge >= 0.3 is 6.18 Å². The Labute approximate surface area is 498 Å². The predicted octanol–water partition coefficient (Wildman–Crippen LogP) is 18.6. The van der Waals surface area contributed by atoms with Crippen molar-refractivity contribution in [2.24, 2.45) is 13.0 Å². The second-order valence-corrected chi connectivity index (χ2v) is 22.4. The maximum Gasteiger partial charge on any atom is 0.477 e. The molecule has 1 saturated carbocycles. The Morgan fingerprint density at radius 2 is 1.27 bits per heavy atom. The molecule has 1 aliphatic carbocycles. The minimum absolute atomic E-state index is 0.0344. The van der Waals surface area contributed by atoms with Crippen molar-refractivity contribution in [1.82, 2.24) is 24.8 Å². The van der Waals surface area contributed by atoms with Crippen molar-refractivity contribution < 1.29 is 40.9 Å². The van der Waals surface area contributed by atoms with Gasteiger partial charge in [-0.05, 0) is 133 Å². The number of aryl methyl sites for hydroxylation is 4. The van der Waals surface area contributed by atoms with Crippen LogP contribution in [0.5, 0.6) is 0 Å². The summed E-state index contributed by atoms with van der Waals surface area (Å²) in [6.07, 6.45) is 22.9. The van der Waals surface area contributed by atoms with E-state index in [1.807, 2.05) is 39.0 Å². The first kappa shape index (κ1) is 75.7. The molecule has 15 heteroatoms. The van der Waals surface area contributed by atoms with Crippen LogP contribution in [-0.2, 0) is 16.6 Å². The average Bonchev–Trinajstić information content (AvgIpc) is 4.16. The Bertz CT molecular complexity index is 2510. The van der Waals surface area contributed by atoms with Gasteiger partial charge in [-0.2, -0.15) is 13.2 Å². The SMILES string of the molecule is C1CCCC1.CC.CC1=C(c2cc(C(=O)Nc3nc4ccc(C)cc4n3C)cc(C)n2)C(C(F)(F)F)=[N+](C)CC1.CCCC.CCCCC(CCC)N(CCC)C(CCC)CCC(C)CC.Cc1cc(F)cc(F)c1.O=C1CCCC(=O)N1. The summed E-state index contributed by atoms with van der Waals surface area (Å²) in [7, 11) is 3.22. The first-order chi connectivity index (χ1) is 39.5. The molecule has 2 aromatic carbocycles. The fraction of sp³-hybridized carbons (Fsp3) is 0.647. The van der Waals surface area contributed by atoms with Crippen LogP contribution >= 0.6 is 0 Å². The number of imidazole rings is 1. The number of carbonyl (C=O) groups excluding carboxylic acids is 3. The molecule has 3 amide bonds. The molecule has 0 spiro atoms. The van der Waals surface area contributed by atoms with Crippen molar-refractivity contribution in [2.45, 2.75) is 256 Å². The van der Waals surface area contributed by atoms with Gasteiger partial charge in [0.2, 0.25) is 17.8 Å². The zero-order valence-corrected chi connectivity index (χ0v) is 54.2. The van der Waals surface area contributed by atoms with Crippen LogP contribution < -0.4 is 10.6 Å². The predicted molar refractivity (Wildman–Crippen MR) is 337 cm³/mol. The van der Waals surface area contributed by atoms with Gasteiger partial charge in [-0.1, -0.05) is 158 Å². The number of allylic oxidation sites excluding steroid dienone is 1. The third-order valence-corrected chi connectivity index (χ3v) is 15.0. The summed E-state index contributed by atoms with van der Waals surface area (Å²) < 4.78 is 69.0. The molecular weight excluding hydrogens is 1060 g/mol. The van der Waals surface area contributed by atoms with Gasteiger partial charge < -0.3 is 4.57 Å². The number of alkyl halides is 3. The highest BCUT2D eigenvalue weighted by Crippen LogP contribution is 2.34. The number of rotatable bonds is 19. The number of fused-ring (bicyclic) bond motifs is 1. The van der Waals surface area contributed by atoms with Crippen LogP contribution in [0.4, 0.5) is 27.9 Å². The van der Waals surface area contributed by atoms with E-state index in [0.717, 1.165) is 40.7 Å². The molecule has 2 aliphatic heterocycles. The maximum absolute atomic E-state index is 13.9. The lowest BCUT2D eigenvalue weighted by Crippen LogP contribution is -2.44. The van der Waals surface area contributed by atoms with E-state index in [1.54, 1.807) is 38.5 Å². The summed E-state index contributed by atoms with van der Waals surface area (Å²) in [6, 6.07) is 13.8. The van der Waals surface area contributed by atoms with Crippen molar-refractivity contribution in [1.29, 1.82) is 0 Å². The van der Waals surface area contributed by atoms with Crippen LogP contribution in [0.1, 0.15) is 250 Å². The molecule has 0 radical (unpaired) electrons. The highest BCUT2D eigenvalue weighted by Gasteiger charge is 2.48.